The van der Waals surface area contributed by atoms with Gasteiger partial charge in [-0.25, -0.2) is 12.8 Å². The van der Waals surface area contributed by atoms with E-state index in [0.29, 0.717) is 5.56 Å². The van der Waals surface area contributed by atoms with Gasteiger partial charge >= 0.3 is 0 Å². The lowest BCUT2D eigenvalue weighted by Gasteiger charge is -2.35. The third-order valence-corrected chi connectivity index (χ3v) is 8.94. The first-order chi connectivity index (χ1) is 21.5. The Morgan fingerprint density at radius 3 is 2.29 bits per heavy atom. The van der Waals surface area contributed by atoms with Crippen molar-refractivity contribution >= 4 is 33.2 Å². The van der Waals surface area contributed by atoms with Crippen LogP contribution in [0.1, 0.15) is 43.2 Å². The maximum Gasteiger partial charge on any atom is 0.271 e. The summed E-state index contributed by atoms with van der Waals surface area (Å²) in [6.45, 7) is -0.905. The van der Waals surface area contributed by atoms with Gasteiger partial charge in [0, 0.05) is 31.1 Å². The molecular formula is C32H37FN4O7S. The van der Waals surface area contributed by atoms with Crippen LogP contribution in [0.15, 0.2) is 72.8 Å². The van der Waals surface area contributed by atoms with E-state index in [2.05, 4.69) is 5.32 Å². The number of halogens is 1. The van der Waals surface area contributed by atoms with Crippen molar-refractivity contribution in [3.8, 4) is 5.75 Å². The first-order valence-corrected chi connectivity index (χ1v) is 16.5. The van der Waals surface area contributed by atoms with Crippen LogP contribution in [0.5, 0.6) is 5.75 Å². The molecule has 3 aromatic carbocycles. The van der Waals surface area contributed by atoms with Crippen molar-refractivity contribution in [2.24, 2.45) is 0 Å². The molecule has 2 amide bonds. The molecular weight excluding hydrogens is 603 g/mol. The van der Waals surface area contributed by atoms with Gasteiger partial charge in [0.05, 0.1) is 18.3 Å². The molecule has 240 valence electrons. The second-order valence-electron chi connectivity index (χ2n) is 11.1. The van der Waals surface area contributed by atoms with Crippen LogP contribution >= 0.6 is 0 Å². The van der Waals surface area contributed by atoms with Gasteiger partial charge in [-0.05, 0) is 42.2 Å². The highest BCUT2D eigenvalue weighted by molar-refractivity contribution is 7.92. The Labute approximate surface area is 262 Å². The van der Waals surface area contributed by atoms with Gasteiger partial charge in [0.2, 0.25) is 21.8 Å². The molecule has 1 aliphatic rings. The van der Waals surface area contributed by atoms with E-state index in [1.807, 2.05) is 30.3 Å². The van der Waals surface area contributed by atoms with E-state index in [-0.39, 0.29) is 36.4 Å². The fourth-order valence-electron chi connectivity index (χ4n) is 5.47. The van der Waals surface area contributed by atoms with E-state index in [1.54, 1.807) is 0 Å². The Morgan fingerprint density at radius 1 is 1.02 bits per heavy atom. The van der Waals surface area contributed by atoms with Crippen LogP contribution in [0.3, 0.4) is 0 Å². The Morgan fingerprint density at radius 2 is 1.69 bits per heavy atom. The molecule has 1 saturated carbocycles. The topological polar surface area (TPSA) is 139 Å². The summed E-state index contributed by atoms with van der Waals surface area (Å²) in [6.07, 6.45) is 5.65. The second kappa shape index (κ2) is 15.0. The number of nitrogens with one attached hydrogen (secondary N) is 1. The summed E-state index contributed by atoms with van der Waals surface area (Å²) in [5, 5.41) is 14.6. The van der Waals surface area contributed by atoms with Gasteiger partial charge in [0.1, 0.15) is 29.8 Å². The molecule has 1 N–H and O–H groups in total. The number of nitro groups is 1. The number of nitrogens with zero attached hydrogens (tertiary/aromatic N) is 3. The highest BCUT2D eigenvalue weighted by Crippen LogP contribution is 2.34. The normalized spacial score (nSPS) is 14.3. The number of non-ortho nitro benzene ring substituents is 1. The maximum atomic E-state index is 14.3. The van der Waals surface area contributed by atoms with Gasteiger partial charge in [-0.15, -0.1) is 0 Å². The van der Waals surface area contributed by atoms with Crippen LogP contribution in [0.25, 0.3) is 0 Å². The summed E-state index contributed by atoms with van der Waals surface area (Å²) in [4.78, 5) is 40.4. The Balaban J connectivity index is 1.77. The third kappa shape index (κ3) is 9.00. The standard InChI is InChI=1S/C32H37FN4O7S/c1-44-30-18-17-27(37(40)41)20-28(30)36(45(2,42)43)22-31(38)35(21-24-13-15-25(33)16-14-24)29(19-23-9-5-3-6-10-23)32(39)34-26-11-7-4-8-12-26/h3,5-6,9-10,13-18,20,26,29H,4,7-8,11-12,19,21-22H2,1-2H3,(H,34,39). The maximum absolute atomic E-state index is 14.3. The Hall–Kier alpha value is -4.52. The first-order valence-electron chi connectivity index (χ1n) is 14.6. The van der Waals surface area contributed by atoms with Gasteiger partial charge in [0.15, 0.2) is 0 Å². The molecule has 1 aliphatic carbocycles. The number of nitro benzene ring substituents is 1. The number of hydrogen-bond donors (Lipinski definition) is 1. The highest BCUT2D eigenvalue weighted by Gasteiger charge is 2.35. The number of benzene rings is 3. The zero-order chi connectivity index (χ0) is 32.6. The molecule has 1 fully saturated rings. The van der Waals surface area contributed by atoms with E-state index in [9.17, 15) is 32.5 Å². The molecule has 0 spiro atoms. The third-order valence-electron chi connectivity index (χ3n) is 7.81. The molecule has 0 radical (unpaired) electrons. The number of hydrogen-bond acceptors (Lipinski definition) is 7. The fraction of sp³-hybridized carbons (Fsp3) is 0.375. The summed E-state index contributed by atoms with van der Waals surface area (Å²) in [5.41, 5.74) is 0.699. The van der Waals surface area contributed by atoms with Crippen molar-refractivity contribution in [3.05, 3.63) is 99.9 Å². The number of methoxy groups -OCH3 is 1. The average Bonchev–Trinajstić information content (AvgIpc) is 3.02. The smallest absolute Gasteiger partial charge is 0.271 e. The van der Waals surface area contributed by atoms with Gasteiger partial charge in [-0.2, -0.15) is 0 Å². The molecule has 0 aromatic heterocycles. The SMILES string of the molecule is COc1ccc([N+](=O)[O-])cc1N(CC(=O)N(Cc1ccc(F)cc1)C(Cc1ccccc1)C(=O)NC1CCCCC1)S(C)(=O)=O. The lowest BCUT2D eigenvalue weighted by Crippen LogP contribution is -2.55. The zero-order valence-corrected chi connectivity index (χ0v) is 26.0. The molecule has 1 unspecified atom stereocenters. The van der Waals surface area contributed by atoms with E-state index < -0.39 is 44.9 Å². The molecule has 4 rings (SSSR count). The number of carbonyl (C=O) groups excluding carboxylic acids is 2. The zero-order valence-electron chi connectivity index (χ0n) is 25.2. The second-order valence-corrected chi connectivity index (χ2v) is 13.0. The summed E-state index contributed by atoms with van der Waals surface area (Å²) in [6, 6.07) is 16.9. The molecule has 0 saturated heterocycles. The minimum atomic E-state index is -4.19. The molecule has 0 bridgehead atoms. The lowest BCUT2D eigenvalue weighted by atomic mass is 9.94. The molecule has 11 nitrogen and oxygen atoms in total. The molecule has 3 aromatic rings. The van der Waals surface area contributed by atoms with E-state index in [1.165, 1.54) is 42.3 Å². The Kier molecular flexibility index (Phi) is 11.1. The van der Waals surface area contributed by atoms with Crippen molar-refractivity contribution in [2.75, 3.05) is 24.2 Å². The molecule has 0 heterocycles. The quantitative estimate of drug-likeness (QED) is 0.213. The number of anilines is 1. The van der Waals surface area contributed by atoms with Gasteiger partial charge in [-0.3, -0.25) is 24.0 Å². The van der Waals surface area contributed by atoms with Crippen LogP contribution in [0.2, 0.25) is 0 Å². The molecule has 45 heavy (non-hydrogen) atoms. The average molecular weight is 641 g/mol. The molecule has 13 heteroatoms. The van der Waals surface area contributed by atoms with Crippen molar-refractivity contribution in [1.29, 1.82) is 0 Å². The summed E-state index contributed by atoms with van der Waals surface area (Å²) < 4.78 is 46.0. The molecule has 1 atom stereocenters. The monoisotopic (exact) mass is 640 g/mol. The van der Waals surface area contributed by atoms with Crippen molar-refractivity contribution in [2.45, 2.75) is 57.2 Å². The van der Waals surface area contributed by atoms with Gasteiger partial charge < -0.3 is 15.0 Å². The van der Waals surface area contributed by atoms with Crippen LogP contribution in [0, 0.1) is 15.9 Å². The summed E-state index contributed by atoms with van der Waals surface area (Å²) in [7, 11) is -2.92. The predicted molar refractivity (Wildman–Crippen MR) is 168 cm³/mol. The number of rotatable bonds is 13. The van der Waals surface area contributed by atoms with E-state index in [0.717, 1.165) is 60.4 Å². The van der Waals surface area contributed by atoms with Gasteiger partial charge in [0.25, 0.3) is 5.69 Å². The Bertz CT molecular complexity index is 1600. The highest BCUT2D eigenvalue weighted by atomic mass is 32.2. The van der Waals surface area contributed by atoms with Crippen molar-refractivity contribution < 1.29 is 32.1 Å². The summed E-state index contributed by atoms with van der Waals surface area (Å²) >= 11 is 0. The van der Waals surface area contributed by atoms with Crippen LogP contribution in [-0.2, 0) is 32.6 Å². The minimum absolute atomic E-state index is 0.000198. The first kappa shape index (κ1) is 33.4. The van der Waals surface area contributed by atoms with Crippen molar-refractivity contribution in [3.63, 3.8) is 0 Å². The van der Waals surface area contributed by atoms with Crippen LogP contribution < -0.4 is 14.4 Å². The number of carbonyl (C=O) groups is 2. The summed E-state index contributed by atoms with van der Waals surface area (Å²) in [5.74, 6) is -1.61. The van der Waals surface area contributed by atoms with Gasteiger partial charge in [-0.1, -0.05) is 61.7 Å². The van der Waals surface area contributed by atoms with Crippen LogP contribution in [0.4, 0.5) is 15.8 Å². The lowest BCUT2D eigenvalue weighted by molar-refractivity contribution is -0.384. The molecule has 0 aliphatic heterocycles. The number of ether oxygens (including phenoxy) is 1. The largest absolute Gasteiger partial charge is 0.495 e. The predicted octanol–water partition coefficient (Wildman–Crippen LogP) is 4.60. The van der Waals surface area contributed by atoms with E-state index >= 15 is 0 Å². The number of amides is 2. The van der Waals surface area contributed by atoms with Crippen LogP contribution in [-0.4, -0.2) is 62.0 Å². The van der Waals surface area contributed by atoms with Crippen molar-refractivity contribution in [1.82, 2.24) is 10.2 Å². The number of sulfonamides is 1. The minimum Gasteiger partial charge on any atom is -0.495 e. The fourth-order valence-corrected chi connectivity index (χ4v) is 6.31. The van der Waals surface area contributed by atoms with E-state index in [4.69, 9.17) is 4.74 Å².